The maximum atomic E-state index is 11.2. The summed E-state index contributed by atoms with van der Waals surface area (Å²) in [7, 11) is 0. The molecule has 1 heterocycles. The number of nitrogens with one attached hydrogen (secondary N) is 1. The van der Waals surface area contributed by atoms with Crippen molar-refractivity contribution in [3.8, 4) is 0 Å². The molecule has 6 heteroatoms. The van der Waals surface area contributed by atoms with E-state index in [4.69, 9.17) is 14.9 Å². The van der Waals surface area contributed by atoms with Crippen LogP contribution in [-0.4, -0.2) is 46.4 Å². The number of morpholine rings is 1. The van der Waals surface area contributed by atoms with Gasteiger partial charge >= 0.3 is 5.97 Å². The molecule has 3 N–H and O–H groups in total. The van der Waals surface area contributed by atoms with Crippen molar-refractivity contribution in [1.82, 2.24) is 5.32 Å². The van der Waals surface area contributed by atoms with Gasteiger partial charge in [0.15, 0.2) is 12.2 Å². The van der Waals surface area contributed by atoms with Gasteiger partial charge in [-0.3, -0.25) is 4.79 Å². The molecule has 0 aromatic carbocycles. The molecule has 2 atom stereocenters. The average molecular weight is 203 g/mol. The van der Waals surface area contributed by atoms with Crippen LogP contribution in [0.25, 0.3) is 0 Å². The fourth-order valence-electron chi connectivity index (χ4n) is 1.18. The zero-order valence-corrected chi connectivity index (χ0v) is 7.98. The van der Waals surface area contributed by atoms with Gasteiger partial charge in [-0.05, 0) is 13.8 Å². The molecule has 0 spiro atoms. The Morgan fingerprint density at radius 2 is 2.29 bits per heavy atom. The minimum Gasteiger partial charge on any atom is -0.479 e. The topological polar surface area (TPSA) is 95.9 Å². The molecule has 1 fully saturated rings. The molecule has 1 saturated heterocycles. The highest BCUT2D eigenvalue weighted by atomic mass is 16.5. The monoisotopic (exact) mass is 203 g/mol. The Kier molecular flexibility index (Phi) is 2.77. The van der Waals surface area contributed by atoms with Gasteiger partial charge in [-0.15, -0.1) is 0 Å². The third-order valence-electron chi connectivity index (χ3n) is 1.93. The van der Waals surface area contributed by atoms with Crippen molar-refractivity contribution in [3.63, 3.8) is 0 Å². The molecule has 1 aliphatic rings. The van der Waals surface area contributed by atoms with Crippen LogP contribution in [-0.2, 0) is 14.3 Å². The number of aliphatic hydroxyl groups excluding tert-OH is 1. The maximum Gasteiger partial charge on any atom is 0.335 e. The van der Waals surface area contributed by atoms with Crippen LogP contribution in [0.5, 0.6) is 0 Å². The maximum absolute atomic E-state index is 11.2. The number of carbonyl (C=O) groups excluding carboxylic acids is 1. The van der Waals surface area contributed by atoms with Crippen LogP contribution in [0, 0.1) is 0 Å². The highest BCUT2D eigenvalue weighted by Gasteiger charge is 2.41. The standard InChI is InChI=1S/C8H13NO5/c1-8(2)3-9-6(11)5(14-8)4(10)7(12)13/h4-5,10H,3H2,1-2H3,(H,9,11)(H,12,13)/t4?,5-/m1/s1. The normalized spacial score (nSPS) is 27.9. The summed E-state index contributed by atoms with van der Waals surface area (Å²) in [5.74, 6) is -2.07. The van der Waals surface area contributed by atoms with Gasteiger partial charge in [-0.25, -0.2) is 4.79 Å². The van der Waals surface area contributed by atoms with E-state index in [0.29, 0.717) is 6.54 Å². The van der Waals surface area contributed by atoms with Crippen molar-refractivity contribution >= 4 is 11.9 Å². The smallest absolute Gasteiger partial charge is 0.335 e. The number of carbonyl (C=O) groups is 2. The number of hydrogen-bond acceptors (Lipinski definition) is 4. The van der Waals surface area contributed by atoms with Crippen molar-refractivity contribution in [2.24, 2.45) is 0 Å². The van der Waals surface area contributed by atoms with Crippen LogP contribution in [0.1, 0.15) is 13.8 Å². The van der Waals surface area contributed by atoms with E-state index in [-0.39, 0.29) is 0 Å². The van der Waals surface area contributed by atoms with Gasteiger partial charge in [0.05, 0.1) is 5.60 Å². The molecule has 1 aliphatic heterocycles. The average Bonchev–Trinajstić information content (AvgIpc) is 2.08. The molecule has 6 nitrogen and oxygen atoms in total. The Hall–Kier alpha value is -1.14. The van der Waals surface area contributed by atoms with Gasteiger partial charge in [-0.2, -0.15) is 0 Å². The van der Waals surface area contributed by atoms with Crippen molar-refractivity contribution in [1.29, 1.82) is 0 Å². The molecule has 0 bridgehead atoms. The van der Waals surface area contributed by atoms with Crippen molar-refractivity contribution < 1.29 is 24.5 Å². The second kappa shape index (κ2) is 3.55. The molecule has 14 heavy (non-hydrogen) atoms. The molecule has 0 aromatic rings. The summed E-state index contributed by atoms with van der Waals surface area (Å²) in [6, 6.07) is 0. The molecular formula is C8H13NO5. The molecule has 1 rings (SSSR count). The predicted molar refractivity (Wildman–Crippen MR) is 45.6 cm³/mol. The fraction of sp³-hybridized carbons (Fsp3) is 0.750. The van der Waals surface area contributed by atoms with Crippen LogP contribution in [0.15, 0.2) is 0 Å². The molecule has 0 radical (unpaired) electrons. The Labute approximate surface area is 80.9 Å². The van der Waals surface area contributed by atoms with E-state index in [1.807, 2.05) is 0 Å². The number of aliphatic carboxylic acids is 1. The van der Waals surface area contributed by atoms with Gasteiger partial charge in [0, 0.05) is 6.54 Å². The van der Waals surface area contributed by atoms with E-state index >= 15 is 0 Å². The number of carboxylic acid groups (broad SMARTS) is 1. The van der Waals surface area contributed by atoms with Gasteiger partial charge in [0.25, 0.3) is 5.91 Å². The highest BCUT2D eigenvalue weighted by molar-refractivity contribution is 5.88. The summed E-state index contributed by atoms with van der Waals surface area (Å²) in [6.45, 7) is 3.71. The number of ether oxygens (including phenoxy) is 1. The van der Waals surface area contributed by atoms with Gasteiger partial charge in [-0.1, -0.05) is 0 Å². The summed E-state index contributed by atoms with van der Waals surface area (Å²) in [4.78, 5) is 21.6. The van der Waals surface area contributed by atoms with Gasteiger partial charge < -0.3 is 20.3 Å². The van der Waals surface area contributed by atoms with Crippen molar-refractivity contribution in [2.75, 3.05) is 6.54 Å². The molecule has 80 valence electrons. The zero-order valence-electron chi connectivity index (χ0n) is 7.98. The fourth-order valence-corrected chi connectivity index (χ4v) is 1.18. The lowest BCUT2D eigenvalue weighted by molar-refractivity contribution is -0.182. The second-order valence-electron chi connectivity index (χ2n) is 3.80. The largest absolute Gasteiger partial charge is 0.479 e. The number of hydrogen-bond donors (Lipinski definition) is 3. The van der Waals surface area contributed by atoms with E-state index in [2.05, 4.69) is 5.32 Å². The summed E-state index contributed by atoms with van der Waals surface area (Å²) < 4.78 is 5.17. The molecule has 0 aliphatic carbocycles. The third kappa shape index (κ3) is 2.21. The van der Waals surface area contributed by atoms with E-state index in [1.54, 1.807) is 13.8 Å². The van der Waals surface area contributed by atoms with E-state index in [9.17, 15) is 9.59 Å². The molecule has 1 unspecified atom stereocenters. The molecule has 1 amide bonds. The van der Waals surface area contributed by atoms with Crippen molar-refractivity contribution in [3.05, 3.63) is 0 Å². The van der Waals surface area contributed by atoms with Crippen LogP contribution in [0.4, 0.5) is 0 Å². The van der Waals surface area contributed by atoms with E-state index in [1.165, 1.54) is 0 Å². The molecular weight excluding hydrogens is 190 g/mol. The first kappa shape index (κ1) is 10.9. The van der Waals surface area contributed by atoms with E-state index in [0.717, 1.165) is 0 Å². The second-order valence-corrected chi connectivity index (χ2v) is 3.80. The Balaban J connectivity index is 2.75. The molecule has 0 aromatic heterocycles. The number of carboxylic acids is 1. The first-order valence-electron chi connectivity index (χ1n) is 4.20. The highest BCUT2D eigenvalue weighted by Crippen LogP contribution is 2.18. The summed E-state index contributed by atoms with van der Waals surface area (Å²) in [5.41, 5.74) is -0.658. The molecule has 0 saturated carbocycles. The zero-order chi connectivity index (χ0) is 10.9. The van der Waals surface area contributed by atoms with Crippen molar-refractivity contribution in [2.45, 2.75) is 31.7 Å². The number of amides is 1. The summed E-state index contributed by atoms with van der Waals surface area (Å²) >= 11 is 0. The lowest BCUT2D eigenvalue weighted by Crippen LogP contribution is -2.59. The first-order valence-corrected chi connectivity index (χ1v) is 4.20. The van der Waals surface area contributed by atoms with E-state index < -0.39 is 29.7 Å². The number of rotatable bonds is 2. The lowest BCUT2D eigenvalue weighted by atomic mass is 10.0. The minimum atomic E-state index is -1.82. The van der Waals surface area contributed by atoms with Crippen LogP contribution < -0.4 is 5.32 Å². The Bertz CT molecular complexity index is 262. The predicted octanol–water partition coefficient (Wildman–Crippen LogP) is -1.27. The first-order chi connectivity index (χ1) is 6.33. The summed E-state index contributed by atoms with van der Waals surface area (Å²) in [6.07, 6.45) is -3.16. The van der Waals surface area contributed by atoms with Crippen LogP contribution in [0.3, 0.4) is 0 Å². The quantitative estimate of drug-likeness (QED) is 0.519. The van der Waals surface area contributed by atoms with Crippen LogP contribution in [0.2, 0.25) is 0 Å². The van der Waals surface area contributed by atoms with Gasteiger partial charge in [0.2, 0.25) is 0 Å². The third-order valence-corrected chi connectivity index (χ3v) is 1.93. The van der Waals surface area contributed by atoms with Gasteiger partial charge in [0.1, 0.15) is 0 Å². The lowest BCUT2D eigenvalue weighted by Gasteiger charge is -2.36. The Morgan fingerprint density at radius 3 is 2.79 bits per heavy atom. The minimum absolute atomic E-state index is 0.300. The van der Waals surface area contributed by atoms with Crippen LogP contribution >= 0.6 is 0 Å². The number of aliphatic hydroxyl groups is 1. The summed E-state index contributed by atoms with van der Waals surface area (Å²) in [5, 5.41) is 20.2. The Morgan fingerprint density at radius 1 is 1.71 bits per heavy atom. The SMILES string of the molecule is CC1(C)CNC(=O)[C@@H](C(O)C(=O)O)O1.